The molecular formula is C12H11FN2O2. The highest BCUT2D eigenvalue weighted by Crippen LogP contribution is 2.24. The van der Waals surface area contributed by atoms with E-state index in [9.17, 15) is 9.18 Å². The van der Waals surface area contributed by atoms with Gasteiger partial charge in [-0.05, 0) is 24.6 Å². The van der Waals surface area contributed by atoms with E-state index >= 15 is 0 Å². The zero-order valence-electron chi connectivity index (χ0n) is 9.44. The van der Waals surface area contributed by atoms with Crippen LogP contribution in [0.15, 0.2) is 24.4 Å². The molecule has 88 valence electrons. The van der Waals surface area contributed by atoms with Gasteiger partial charge in [0.15, 0.2) is 0 Å². The molecule has 0 saturated carbocycles. The summed E-state index contributed by atoms with van der Waals surface area (Å²) < 4.78 is 14.9. The number of benzene rings is 1. The van der Waals surface area contributed by atoms with Crippen LogP contribution in [0.3, 0.4) is 0 Å². The molecule has 0 aliphatic carbocycles. The second kappa shape index (κ2) is 4.01. The summed E-state index contributed by atoms with van der Waals surface area (Å²) in [6.45, 7) is 1.87. The first-order valence-corrected chi connectivity index (χ1v) is 5.02. The van der Waals surface area contributed by atoms with E-state index in [1.807, 2.05) is 6.92 Å². The largest absolute Gasteiger partial charge is 0.478 e. The molecule has 5 heteroatoms. The minimum absolute atomic E-state index is 0.328. The fraction of sp³-hybridized carbons (Fsp3) is 0.167. The minimum Gasteiger partial charge on any atom is -0.478 e. The molecule has 2 aromatic rings. The molecule has 0 unspecified atom stereocenters. The van der Waals surface area contributed by atoms with E-state index in [0.29, 0.717) is 5.56 Å². The van der Waals surface area contributed by atoms with Gasteiger partial charge in [-0.2, -0.15) is 5.10 Å². The second-order valence-corrected chi connectivity index (χ2v) is 3.77. The van der Waals surface area contributed by atoms with Gasteiger partial charge in [0.25, 0.3) is 0 Å². The molecule has 0 bridgehead atoms. The Morgan fingerprint density at radius 1 is 1.47 bits per heavy atom. The number of hydrogen-bond acceptors (Lipinski definition) is 2. The lowest BCUT2D eigenvalue weighted by molar-refractivity contribution is 0.0692. The van der Waals surface area contributed by atoms with Crippen molar-refractivity contribution in [3.05, 3.63) is 41.5 Å². The molecule has 17 heavy (non-hydrogen) atoms. The Morgan fingerprint density at radius 2 is 2.18 bits per heavy atom. The molecule has 0 saturated heterocycles. The molecule has 2 rings (SSSR count). The molecule has 1 N–H and O–H groups in total. The van der Waals surface area contributed by atoms with Crippen LogP contribution >= 0.6 is 0 Å². The van der Waals surface area contributed by atoms with Crippen LogP contribution in [-0.2, 0) is 7.05 Å². The lowest BCUT2D eigenvalue weighted by atomic mass is 10.0. The molecule has 0 amide bonds. The van der Waals surface area contributed by atoms with E-state index in [1.165, 1.54) is 6.07 Å². The summed E-state index contributed by atoms with van der Waals surface area (Å²) in [6, 6.07) is 4.03. The van der Waals surface area contributed by atoms with Gasteiger partial charge in [-0.1, -0.05) is 6.07 Å². The molecule has 0 fully saturated rings. The molecule has 4 nitrogen and oxygen atoms in total. The van der Waals surface area contributed by atoms with Crippen molar-refractivity contribution in [2.75, 3.05) is 0 Å². The van der Waals surface area contributed by atoms with E-state index in [1.54, 1.807) is 24.0 Å². The molecule has 1 aromatic heterocycles. The maximum absolute atomic E-state index is 13.2. The number of aryl methyl sites for hydroxylation is 1. The Morgan fingerprint density at radius 3 is 2.71 bits per heavy atom. The number of aromatic nitrogens is 2. The highest BCUT2D eigenvalue weighted by atomic mass is 19.1. The lowest BCUT2D eigenvalue weighted by Crippen LogP contribution is -2.00. The fourth-order valence-corrected chi connectivity index (χ4v) is 1.64. The maximum atomic E-state index is 13.2. The zero-order chi connectivity index (χ0) is 12.6. The Hall–Kier alpha value is -2.17. The summed E-state index contributed by atoms with van der Waals surface area (Å²) in [5.74, 6) is -2.01. The summed E-state index contributed by atoms with van der Waals surface area (Å²) in [7, 11) is 1.79. The Bertz CT molecular complexity index is 590. The van der Waals surface area contributed by atoms with E-state index in [-0.39, 0.29) is 5.56 Å². The number of hydrogen-bond donors (Lipinski definition) is 1. The summed E-state index contributed by atoms with van der Waals surface area (Å²) in [5.41, 5.74) is 2.02. The van der Waals surface area contributed by atoms with Crippen LogP contribution in [0.25, 0.3) is 11.1 Å². The van der Waals surface area contributed by atoms with Gasteiger partial charge in [-0.15, -0.1) is 0 Å². The van der Waals surface area contributed by atoms with Crippen LogP contribution in [-0.4, -0.2) is 20.9 Å². The first kappa shape index (κ1) is 11.3. The third-order valence-corrected chi connectivity index (χ3v) is 2.74. The summed E-state index contributed by atoms with van der Waals surface area (Å²) >= 11 is 0. The Balaban J connectivity index is 2.58. The van der Waals surface area contributed by atoms with Crippen LogP contribution < -0.4 is 0 Å². The number of aromatic carboxylic acids is 1. The molecule has 0 radical (unpaired) electrons. The van der Waals surface area contributed by atoms with Crippen molar-refractivity contribution < 1.29 is 14.3 Å². The number of rotatable bonds is 2. The third kappa shape index (κ3) is 1.91. The van der Waals surface area contributed by atoms with Crippen molar-refractivity contribution in [3.63, 3.8) is 0 Å². The van der Waals surface area contributed by atoms with Crippen molar-refractivity contribution in [1.29, 1.82) is 0 Å². The fourth-order valence-electron chi connectivity index (χ4n) is 1.64. The van der Waals surface area contributed by atoms with Crippen LogP contribution in [0.4, 0.5) is 4.39 Å². The molecule has 0 aliphatic heterocycles. The highest BCUT2D eigenvalue weighted by Gasteiger charge is 2.13. The van der Waals surface area contributed by atoms with E-state index in [2.05, 4.69) is 5.10 Å². The van der Waals surface area contributed by atoms with Crippen LogP contribution in [0.5, 0.6) is 0 Å². The smallest absolute Gasteiger partial charge is 0.338 e. The zero-order valence-corrected chi connectivity index (χ0v) is 9.44. The first-order chi connectivity index (χ1) is 8.00. The Labute approximate surface area is 97.3 Å². The third-order valence-electron chi connectivity index (χ3n) is 2.74. The standard InChI is InChI=1S/C12H11FN2O2/c1-7-10(6-14-15(7)2)8-3-4-11(13)9(5-8)12(16)17/h3-6H,1-2H3,(H,16,17). The lowest BCUT2D eigenvalue weighted by Gasteiger charge is -2.03. The number of nitrogens with zero attached hydrogens (tertiary/aromatic N) is 2. The van der Waals surface area contributed by atoms with Crippen LogP contribution in [0.2, 0.25) is 0 Å². The minimum atomic E-state index is -1.27. The first-order valence-electron chi connectivity index (χ1n) is 5.02. The van der Waals surface area contributed by atoms with Crippen LogP contribution in [0.1, 0.15) is 16.1 Å². The van der Waals surface area contributed by atoms with E-state index in [0.717, 1.165) is 17.3 Å². The summed E-state index contributed by atoms with van der Waals surface area (Å²) in [4.78, 5) is 10.8. The molecule has 1 aromatic carbocycles. The van der Waals surface area contributed by atoms with Gasteiger partial charge < -0.3 is 5.11 Å². The van der Waals surface area contributed by atoms with Gasteiger partial charge in [-0.3, -0.25) is 4.68 Å². The van der Waals surface area contributed by atoms with Crippen molar-refractivity contribution in [2.24, 2.45) is 7.05 Å². The van der Waals surface area contributed by atoms with Gasteiger partial charge in [-0.25, -0.2) is 9.18 Å². The van der Waals surface area contributed by atoms with Crippen LogP contribution in [0, 0.1) is 12.7 Å². The predicted octanol–water partition coefficient (Wildman–Crippen LogP) is 2.23. The monoisotopic (exact) mass is 234 g/mol. The maximum Gasteiger partial charge on any atom is 0.338 e. The summed E-state index contributed by atoms with van der Waals surface area (Å²) in [6.07, 6.45) is 1.63. The van der Waals surface area contributed by atoms with Gasteiger partial charge in [0, 0.05) is 18.3 Å². The SMILES string of the molecule is Cc1c(-c2ccc(F)c(C(=O)O)c2)cnn1C. The number of halogens is 1. The molecule has 1 heterocycles. The Kier molecular flexibility index (Phi) is 2.67. The summed E-state index contributed by atoms with van der Waals surface area (Å²) in [5, 5.41) is 12.9. The number of carboxylic acids is 1. The number of carbonyl (C=O) groups is 1. The van der Waals surface area contributed by atoms with E-state index in [4.69, 9.17) is 5.11 Å². The average molecular weight is 234 g/mol. The topological polar surface area (TPSA) is 55.1 Å². The molecular weight excluding hydrogens is 223 g/mol. The van der Waals surface area contributed by atoms with Gasteiger partial charge >= 0.3 is 5.97 Å². The van der Waals surface area contributed by atoms with Crippen molar-refractivity contribution in [1.82, 2.24) is 9.78 Å². The normalized spacial score (nSPS) is 10.5. The number of carboxylic acid groups (broad SMARTS) is 1. The molecule has 0 spiro atoms. The molecule has 0 aliphatic rings. The van der Waals surface area contributed by atoms with Crippen molar-refractivity contribution in [3.8, 4) is 11.1 Å². The average Bonchev–Trinajstić information content (AvgIpc) is 2.60. The second-order valence-electron chi connectivity index (χ2n) is 3.77. The van der Waals surface area contributed by atoms with Gasteiger partial charge in [0.2, 0.25) is 0 Å². The molecule has 0 atom stereocenters. The van der Waals surface area contributed by atoms with Crippen molar-refractivity contribution in [2.45, 2.75) is 6.92 Å². The van der Waals surface area contributed by atoms with Gasteiger partial charge in [0.05, 0.1) is 11.8 Å². The highest BCUT2D eigenvalue weighted by molar-refractivity contribution is 5.89. The quantitative estimate of drug-likeness (QED) is 0.866. The van der Waals surface area contributed by atoms with Crippen molar-refractivity contribution >= 4 is 5.97 Å². The van der Waals surface area contributed by atoms with Gasteiger partial charge in [0.1, 0.15) is 5.82 Å². The predicted molar refractivity (Wildman–Crippen MR) is 60.3 cm³/mol. The van der Waals surface area contributed by atoms with E-state index < -0.39 is 11.8 Å².